The molecule has 0 spiro atoms. The fraction of sp³-hybridized carbons (Fsp3) is 0.800. The van der Waals surface area contributed by atoms with Crippen LogP contribution in [0.3, 0.4) is 0 Å². The number of allylic oxidation sites excluding steroid dienone is 1. The van der Waals surface area contributed by atoms with Crippen LogP contribution in [0.15, 0.2) is 18.4 Å². The Morgan fingerprint density at radius 3 is 1.73 bits per heavy atom. The van der Waals surface area contributed by atoms with Crippen molar-refractivity contribution in [3.63, 3.8) is 0 Å². The van der Waals surface area contributed by atoms with E-state index in [0.717, 1.165) is 0 Å². The first-order valence-corrected chi connectivity index (χ1v) is 6.76. The molecule has 0 unspecified atom stereocenters. The van der Waals surface area contributed by atoms with Gasteiger partial charge in [0.25, 0.3) is 0 Å². The van der Waals surface area contributed by atoms with Crippen molar-refractivity contribution in [2.24, 2.45) is 0 Å². The molecule has 0 rings (SSSR count). The quantitative estimate of drug-likeness (QED) is 0.304. The summed E-state index contributed by atoms with van der Waals surface area (Å²) in [5, 5.41) is 0. The van der Waals surface area contributed by atoms with Crippen LogP contribution in [0.5, 0.6) is 0 Å². The van der Waals surface area contributed by atoms with Crippen molar-refractivity contribution in [1.82, 2.24) is 0 Å². The predicted octanol–water partition coefficient (Wildman–Crippen LogP) is 5.64. The summed E-state index contributed by atoms with van der Waals surface area (Å²) in [6.07, 6.45) is 17.3. The van der Waals surface area contributed by atoms with Crippen molar-refractivity contribution >= 4 is 0 Å². The van der Waals surface area contributed by atoms with Crippen molar-refractivity contribution in [1.29, 1.82) is 0 Å². The summed E-state index contributed by atoms with van der Waals surface area (Å²) in [4.78, 5) is 0. The fourth-order valence-corrected chi connectivity index (χ4v) is 1.84. The Bertz CT molecular complexity index is 151. The molecule has 88 valence electrons. The third-order valence-electron chi connectivity index (χ3n) is 2.85. The van der Waals surface area contributed by atoms with Gasteiger partial charge in [-0.05, 0) is 18.9 Å². The molecule has 0 aliphatic carbocycles. The van der Waals surface area contributed by atoms with Crippen molar-refractivity contribution in [3.8, 4) is 0 Å². The molecule has 0 aromatic heterocycles. The zero-order valence-electron chi connectivity index (χ0n) is 10.6. The smallest absolute Gasteiger partial charge is 0.0275 e. The summed E-state index contributed by atoms with van der Waals surface area (Å²) in [6, 6.07) is 0. The minimum Gasteiger partial charge on any atom is -0.133 e. The first kappa shape index (κ1) is 14.5. The van der Waals surface area contributed by atoms with E-state index in [0.29, 0.717) is 0 Å². The highest BCUT2D eigenvalue weighted by atomic mass is 14.0. The van der Waals surface area contributed by atoms with E-state index in [1.807, 2.05) is 6.08 Å². The zero-order valence-corrected chi connectivity index (χ0v) is 10.6. The lowest BCUT2D eigenvalue weighted by atomic mass is 10.1. The number of hydrogen-bond donors (Lipinski definition) is 0. The van der Waals surface area contributed by atoms with E-state index in [2.05, 4.69) is 19.2 Å². The van der Waals surface area contributed by atoms with Gasteiger partial charge in [-0.3, -0.25) is 0 Å². The highest BCUT2D eigenvalue weighted by molar-refractivity contribution is 4.74. The van der Waals surface area contributed by atoms with Crippen LogP contribution in [0.2, 0.25) is 0 Å². The van der Waals surface area contributed by atoms with Crippen LogP contribution < -0.4 is 0 Å². The van der Waals surface area contributed by atoms with Gasteiger partial charge in [-0.2, -0.15) is 0 Å². The average Bonchev–Trinajstić information content (AvgIpc) is 2.26. The molecule has 0 saturated heterocycles. The van der Waals surface area contributed by atoms with E-state index in [9.17, 15) is 0 Å². The molecule has 0 aliphatic heterocycles. The molecular formula is C15H28. The van der Waals surface area contributed by atoms with Crippen molar-refractivity contribution < 1.29 is 0 Å². The topological polar surface area (TPSA) is 0 Å². The molecule has 15 heavy (non-hydrogen) atoms. The summed E-state index contributed by atoms with van der Waals surface area (Å²) < 4.78 is 0. The maximum absolute atomic E-state index is 3.56. The second kappa shape index (κ2) is 13.5. The Hall–Kier alpha value is -0.480. The average molecular weight is 208 g/mol. The minimum absolute atomic E-state index is 1.17. The molecule has 0 fully saturated rings. The van der Waals surface area contributed by atoms with Gasteiger partial charge in [-0.15, -0.1) is 5.73 Å². The molecule has 0 heteroatoms. The molecule has 0 N–H and O–H groups in total. The van der Waals surface area contributed by atoms with Gasteiger partial charge in [0.05, 0.1) is 0 Å². The van der Waals surface area contributed by atoms with Crippen LogP contribution in [0.1, 0.15) is 77.6 Å². The molecule has 0 amide bonds. The summed E-state index contributed by atoms with van der Waals surface area (Å²) in [5.41, 5.74) is 2.82. The van der Waals surface area contributed by atoms with Crippen LogP contribution in [0, 0.1) is 0 Å². The second-order valence-electron chi connectivity index (χ2n) is 4.38. The summed E-state index contributed by atoms with van der Waals surface area (Å²) in [7, 11) is 0. The third kappa shape index (κ3) is 13.5. The minimum atomic E-state index is 1.17. The fourth-order valence-electron chi connectivity index (χ4n) is 1.84. The van der Waals surface area contributed by atoms with Crippen molar-refractivity contribution in [2.75, 3.05) is 0 Å². The Labute approximate surface area is 96.5 Å². The van der Waals surface area contributed by atoms with Crippen LogP contribution in [-0.2, 0) is 0 Å². The molecule has 0 heterocycles. The SMILES string of the molecule is C=C=CCCCCCCCCCCCC. The second-order valence-corrected chi connectivity index (χ2v) is 4.38. The molecule has 0 aromatic carbocycles. The monoisotopic (exact) mass is 208 g/mol. The molecule has 0 atom stereocenters. The summed E-state index contributed by atoms with van der Waals surface area (Å²) in [6.45, 7) is 5.84. The van der Waals surface area contributed by atoms with Gasteiger partial charge in [0, 0.05) is 0 Å². The summed E-state index contributed by atoms with van der Waals surface area (Å²) in [5.74, 6) is 0. The van der Waals surface area contributed by atoms with E-state index in [1.54, 1.807) is 0 Å². The molecule has 0 saturated carbocycles. The molecule has 0 aliphatic rings. The van der Waals surface area contributed by atoms with E-state index >= 15 is 0 Å². The maximum atomic E-state index is 3.56. The van der Waals surface area contributed by atoms with Crippen LogP contribution in [0.25, 0.3) is 0 Å². The lowest BCUT2D eigenvalue weighted by Crippen LogP contribution is -1.81. The van der Waals surface area contributed by atoms with Gasteiger partial charge in [0.2, 0.25) is 0 Å². The molecule has 0 aromatic rings. The zero-order chi connectivity index (χ0) is 11.2. The molecule has 0 bridgehead atoms. The van der Waals surface area contributed by atoms with Crippen molar-refractivity contribution in [3.05, 3.63) is 18.4 Å². The number of hydrogen-bond acceptors (Lipinski definition) is 0. The van der Waals surface area contributed by atoms with Gasteiger partial charge >= 0.3 is 0 Å². The first-order valence-electron chi connectivity index (χ1n) is 6.76. The van der Waals surface area contributed by atoms with Crippen LogP contribution in [-0.4, -0.2) is 0 Å². The first-order chi connectivity index (χ1) is 7.41. The van der Waals surface area contributed by atoms with Gasteiger partial charge in [-0.25, -0.2) is 0 Å². The van der Waals surface area contributed by atoms with Crippen molar-refractivity contribution in [2.45, 2.75) is 77.6 Å². The van der Waals surface area contributed by atoms with Gasteiger partial charge in [0.15, 0.2) is 0 Å². The largest absolute Gasteiger partial charge is 0.133 e. The normalized spacial score (nSPS) is 9.93. The van der Waals surface area contributed by atoms with Gasteiger partial charge in [0.1, 0.15) is 0 Å². The lowest BCUT2D eigenvalue weighted by molar-refractivity contribution is 0.557. The Balaban J connectivity index is 2.89. The summed E-state index contributed by atoms with van der Waals surface area (Å²) >= 11 is 0. The maximum Gasteiger partial charge on any atom is -0.0275 e. The van der Waals surface area contributed by atoms with E-state index in [-0.39, 0.29) is 0 Å². The molecular weight excluding hydrogens is 180 g/mol. The Kier molecular flexibility index (Phi) is 13.1. The van der Waals surface area contributed by atoms with E-state index in [1.165, 1.54) is 70.6 Å². The van der Waals surface area contributed by atoms with Gasteiger partial charge < -0.3 is 0 Å². The number of unbranched alkanes of at least 4 members (excludes halogenated alkanes) is 10. The number of rotatable bonds is 11. The van der Waals surface area contributed by atoms with Crippen LogP contribution >= 0.6 is 0 Å². The van der Waals surface area contributed by atoms with Gasteiger partial charge in [-0.1, -0.05) is 71.3 Å². The van der Waals surface area contributed by atoms with Crippen LogP contribution in [0.4, 0.5) is 0 Å². The Morgan fingerprint density at radius 2 is 1.27 bits per heavy atom. The standard InChI is InChI=1S/C15H28/c1-3-5-7-9-11-13-15-14-12-10-8-6-4-2/h5H,1,4,6-15H2,2H3. The third-order valence-corrected chi connectivity index (χ3v) is 2.85. The molecule has 0 nitrogen and oxygen atoms in total. The lowest BCUT2D eigenvalue weighted by Gasteiger charge is -2.00. The van der Waals surface area contributed by atoms with E-state index in [4.69, 9.17) is 0 Å². The predicted molar refractivity (Wildman–Crippen MR) is 70.2 cm³/mol. The van der Waals surface area contributed by atoms with E-state index < -0.39 is 0 Å². The Morgan fingerprint density at radius 1 is 0.800 bits per heavy atom. The highest BCUT2D eigenvalue weighted by Gasteiger charge is 1.91. The highest BCUT2D eigenvalue weighted by Crippen LogP contribution is 2.11. The molecule has 0 radical (unpaired) electrons.